The van der Waals surface area contributed by atoms with Crippen LogP contribution in [0.4, 0.5) is 23.3 Å². The van der Waals surface area contributed by atoms with Gasteiger partial charge in [-0.25, -0.2) is 0 Å². The molecule has 0 fully saturated rings. The van der Waals surface area contributed by atoms with E-state index in [1.807, 2.05) is 36.4 Å². The summed E-state index contributed by atoms with van der Waals surface area (Å²) in [6.07, 6.45) is 1.41. The molecule has 1 heterocycles. The lowest BCUT2D eigenvalue weighted by Crippen LogP contribution is -2.06. The lowest BCUT2D eigenvalue weighted by atomic mass is 10.1. The van der Waals surface area contributed by atoms with Gasteiger partial charge in [0.15, 0.2) is 5.82 Å². The number of aromatic nitrogens is 3. The van der Waals surface area contributed by atoms with E-state index in [-0.39, 0.29) is 34.0 Å². The molecule has 0 aliphatic heterocycles. The fourth-order valence-corrected chi connectivity index (χ4v) is 2.48. The van der Waals surface area contributed by atoms with Crippen LogP contribution in [0, 0.1) is 21.4 Å². The summed E-state index contributed by atoms with van der Waals surface area (Å²) in [4.78, 5) is 22.6. The maximum atomic E-state index is 11.0. The molecule has 0 unspecified atom stereocenters. The van der Waals surface area contributed by atoms with E-state index in [9.17, 15) is 15.4 Å². The number of halogens is 1. The normalized spacial score (nSPS) is 10.9. The first kappa shape index (κ1) is 18.8. The molecule has 1 aromatic heterocycles. The van der Waals surface area contributed by atoms with Crippen molar-refractivity contribution in [3.8, 4) is 6.07 Å². The minimum Gasteiger partial charge on any atom is -0.368 e. The maximum absolute atomic E-state index is 11.0. The van der Waals surface area contributed by atoms with Gasteiger partial charge in [-0.1, -0.05) is 35.9 Å². The van der Waals surface area contributed by atoms with Crippen LogP contribution in [-0.4, -0.2) is 19.9 Å². The molecule has 0 aliphatic rings. The van der Waals surface area contributed by atoms with Crippen molar-refractivity contribution >= 4 is 46.5 Å². The number of nitrogens with one attached hydrogen (secondary N) is 1. The number of nitro groups is 1. The van der Waals surface area contributed by atoms with Gasteiger partial charge in [0.05, 0.1) is 10.5 Å². The van der Waals surface area contributed by atoms with Gasteiger partial charge in [0.1, 0.15) is 11.1 Å². The van der Waals surface area contributed by atoms with Crippen molar-refractivity contribution in [1.82, 2.24) is 15.0 Å². The van der Waals surface area contributed by atoms with Crippen molar-refractivity contribution in [3.05, 3.63) is 75.1 Å². The molecule has 0 spiro atoms. The number of nitrogens with two attached hydrogens (primary N) is 1. The molecule has 3 aromatic rings. The molecular formula is C18H12ClN7O2. The van der Waals surface area contributed by atoms with E-state index in [1.54, 1.807) is 6.07 Å². The Balaban J connectivity index is 1.99. The summed E-state index contributed by atoms with van der Waals surface area (Å²) in [5, 5.41) is 23.5. The summed E-state index contributed by atoms with van der Waals surface area (Å²) in [6.45, 7) is 0. The lowest BCUT2D eigenvalue weighted by molar-refractivity contribution is -0.384. The van der Waals surface area contributed by atoms with Crippen LogP contribution in [0.5, 0.6) is 0 Å². The second kappa shape index (κ2) is 8.11. The highest BCUT2D eigenvalue weighted by Gasteiger charge is 2.14. The number of allylic oxidation sites excluding steroid dienone is 1. The Hall–Kier alpha value is -4.03. The summed E-state index contributed by atoms with van der Waals surface area (Å²) >= 11 is 5.81. The van der Waals surface area contributed by atoms with Gasteiger partial charge >= 0.3 is 0 Å². The first-order chi connectivity index (χ1) is 13.5. The van der Waals surface area contributed by atoms with Crippen LogP contribution in [0.1, 0.15) is 11.4 Å². The van der Waals surface area contributed by atoms with Gasteiger partial charge in [-0.05, 0) is 29.8 Å². The van der Waals surface area contributed by atoms with Crippen molar-refractivity contribution < 1.29 is 4.92 Å². The molecule has 0 amide bonds. The third kappa shape index (κ3) is 4.38. The van der Waals surface area contributed by atoms with Gasteiger partial charge < -0.3 is 11.1 Å². The summed E-state index contributed by atoms with van der Waals surface area (Å²) in [6, 6.07) is 15.3. The van der Waals surface area contributed by atoms with Crippen molar-refractivity contribution in [2.24, 2.45) is 0 Å². The van der Waals surface area contributed by atoms with Crippen molar-refractivity contribution in [2.45, 2.75) is 0 Å². The average molecular weight is 394 g/mol. The Morgan fingerprint density at radius 1 is 1.21 bits per heavy atom. The van der Waals surface area contributed by atoms with Crippen molar-refractivity contribution in [1.29, 1.82) is 5.26 Å². The van der Waals surface area contributed by atoms with E-state index >= 15 is 0 Å². The Kier molecular flexibility index (Phi) is 5.43. The van der Waals surface area contributed by atoms with Crippen molar-refractivity contribution in [3.63, 3.8) is 0 Å². The largest absolute Gasteiger partial charge is 0.368 e. The first-order valence-electron chi connectivity index (χ1n) is 7.86. The summed E-state index contributed by atoms with van der Waals surface area (Å²) in [5.41, 5.74) is 6.65. The Morgan fingerprint density at radius 3 is 2.64 bits per heavy atom. The number of hydrogen-bond acceptors (Lipinski definition) is 8. The number of nitrogens with zero attached hydrogens (tertiary/aromatic N) is 5. The fraction of sp³-hybridized carbons (Fsp3) is 0. The quantitative estimate of drug-likeness (QED) is 0.378. The SMILES string of the molecule is N#C/C(=C\c1ccc(Cl)c([N+](=O)[O-])c1)c1nc(N)nc(Nc2ccccc2)n1. The van der Waals surface area contributed by atoms with E-state index < -0.39 is 4.92 Å². The highest BCUT2D eigenvalue weighted by atomic mass is 35.5. The van der Waals surface area contributed by atoms with Crippen LogP contribution in [0.25, 0.3) is 11.6 Å². The summed E-state index contributed by atoms with van der Waals surface area (Å²) < 4.78 is 0. The van der Waals surface area contributed by atoms with Crippen LogP contribution < -0.4 is 11.1 Å². The van der Waals surface area contributed by atoms with Gasteiger partial charge in [-0.3, -0.25) is 10.1 Å². The van der Waals surface area contributed by atoms with Crippen LogP contribution in [0.3, 0.4) is 0 Å². The monoisotopic (exact) mass is 393 g/mol. The van der Waals surface area contributed by atoms with E-state index in [0.29, 0.717) is 5.56 Å². The van der Waals surface area contributed by atoms with Crippen LogP contribution >= 0.6 is 11.6 Å². The summed E-state index contributed by atoms with van der Waals surface area (Å²) in [5.74, 6) is 0.120. The molecule has 0 atom stereocenters. The Morgan fingerprint density at radius 2 is 1.96 bits per heavy atom. The molecule has 0 saturated carbocycles. The molecule has 0 bridgehead atoms. The summed E-state index contributed by atoms with van der Waals surface area (Å²) in [7, 11) is 0. The number of hydrogen-bond donors (Lipinski definition) is 2. The molecule has 138 valence electrons. The molecule has 0 aliphatic carbocycles. The van der Waals surface area contributed by atoms with E-state index in [0.717, 1.165) is 5.69 Å². The van der Waals surface area contributed by atoms with Crippen LogP contribution in [-0.2, 0) is 0 Å². The second-order valence-electron chi connectivity index (χ2n) is 5.47. The van der Waals surface area contributed by atoms with Crippen molar-refractivity contribution in [2.75, 3.05) is 11.1 Å². The molecule has 3 rings (SSSR count). The molecule has 0 saturated heterocycles. The molecule has 9 nitrogen and oxygen atoms in total. The molecule has 3 N–H and O–H groups in total. The van der Waals surface area contributed by atoms with E-state index in [4.69, 9.17) is 17.3 Å². The number of nitro benzene ring substituents is 1. The number of benzene rings is 2. The number of para-hydroxylation sites is 1. The van der Waals surface area contributed by atoms with Gasteiger partial charge in [0.2, 0.25) is 11.9 Å². The number of rotatable bonds is 5. The smallest absolute Gasteiger partial charge is 0.288 e. The Labute approximate surface area is 164 Å². The molecule has 28 heavy (non-hydrogen) atoms. The first-order valence-corrected chi connectivity index (χ1v) is 8.24. The minimum absolute atomic E-state index is 0.000546. The molecule has 0 radical (unpaired) electrons. The third-order valence-electron chi connectivity index (χ3n) is 3.52. The minimum atomic E-state index is -0.603. The average Bonchev–Trinajstić information content (AvgIpc) is 2.67. The second-order valence-corrected chi connectivity index (χ2v) is 5.88. The number of anilines is 3. The van der Waals surface area contributed by atoms with Crippen LogP contribution in [0.15, 0.2) is 48.5 Å². The Bertz CT molecular complexity index is 1110. The zero-order chi connectivity index (χ0) is 20.1. The highest BCUT2D eigenvalue weighted by molar-refractivity contribution is 6.32. The third-order valence-corrected chi connectivity index (χ3v) is 3.84. The predicted octanol–water partition coefficient (Wildman–Crippen LogP) is 3.82. The molecule has 2 aromatic carbocycles. The lowest BCUT2D eigenvalue weighted by Gasteiger charge is -2.07. The fourth-order valence-electron chi connectivity index (χ4n) is 2.29. The van der Waals surface area contributed by atoms with E-state index in [1.165, 1.54) is 18.2 Å². The topological polar surface area (TPSA) is 144 Å². The maximum Gasteiger partial charge on any atom is 0.288 e. The highest BCUT2D eigenvalue weighted by Crippen LogP contribution is 2.27. The van der Waals surface area contributed by atoms with Gasteiger partial charge in [-0.2, -0.15) is 20.2 Å². The van der Waals surface area contributed by atoms with Gasteiger partial charge in [-0.15, -0.1) is 0 Å². The number of nitriles is 1. The van der Waals surface area contributed by atoms with Gasteiger partial charge in [0.25, 0.3) is 5.69 Å². The molecular weight excluding hydrogens is 382 g/mol. The zero-order valence-electron chi connectivity index (χ0n) is 14.2. The van der Waals surface area contributed by atoms with Gasteiger partial charge in [0, 0.05) is 11.8 Å². The zero-order valence-corrected chi connectivity index (χ0v) is 15.0. The predicted molar refractivity (Wildman–Crippen MR) is 106 cm³/mol. The van der Waals surface area contributed by atoms with E-state index in [2.05, 4.69) is 20.3 Å². The number of nitrogen functional groups attached to an aromatic ring is 1. The standard InChI is InChI=1S/C18H12ClN7O2/c19-14-7-6-11(9-15(14)26(27)28)8-12(10-20)16-23-17(21)25-18(24-16)22-13-4-2-1-3-5-13/h1-9H,(H3,21,22,23,24,25)/b12-8+. The molecule has 10 heteroatoms. The van der Waals surface area contributed by atoms with Crippen LogP contribution in [0.2, 0.25) is 5.02 Å².